The summed E-state index contributed by atoms with van der Waals surface area (Å²) in [6.07, 6.45) is 0.419. The molecule has 0 aromatic carbocycles. The van der Waals surface area contributed by atoms with Gasteiger partial charge in [0, 0.05) is 37.3 Å². The van der Waals surface area contributed by atoms with Crippen LogP contribution >= 0.6 is 11.8 Å². The van der Waals surface area contributed by atoms with E-state index < -0.39 is 0 Å². The van der Waals surface area contributed by atoms with E-state index in [1.54, 1.807) is 0 Å². The quantitative estimate of drug-likeness (QED) is 0.699. The molecule has 4 heteroatoms. The summed E-state index contributed by atoms with van der Waals surface area (Å²) in [5, 5.41) is 3.50. The Labute approximate surface area is 84.2 Å². The third-order valence-electron chi connectivity index (χ3n) is 2.60. The third kappa shape index (κ3) is 2.84. The molecular formula is C9H18N2OS. The summed E-state index contributed by atoms with van der Waals surface area (Å²) in [5.41, 5.74) is 0. The normalized spacial score (nSPS) is 36.7. The third-order valence-corrected chi connectivity index (χ3v) is 3.61. The highest BCUT2D eigenvalue weighted by molar-refractivity contribution is 7.99. The minimum Gasteiger partial charge on any atom is -0.376 e. The van der Waals surface area contributed by atoms with Crippen molar-refractivity contribution in [2.45, 2.75) is 19.1 Å². The van der Waals surface area contributed by atoms with Gasteiger partial charge in [0.1, 0.15) is 0 Å². The molecule has 0 bridgehead atoms. The number of hydrogen-bond acceptors (Lipinski definition) is 4. The Bertz CT molecular complexity index is 162. The van der Waals surface area contributed by atoms with Gasteiger partial charge in [-0.05, 0) is 6.92 Å². The average Bonchev–Trinajstić information content (AvgIpc) is 2.57. The molecule has 0 spiro atoms. The Hall–Kier alpha value is 0.230. The summed E-state index contributed by atoms with van der Waals surface area (Å²) in [6.45, 7) is 6.46. The maximum Gasteiger partial charge on any atom is 0.0674 e. The zero-order valence-electron chi connectivity index (χ0n) is 8.16. The van der Waals surface area contributed by atoms with Crippen LogP contribution in [0.1, 0.15) is 6.92 Å². The van der Waals surface area contributed by atoms with Crippen LogP contribution in [-0.4, -0.2) is 54.9 Å². The monoisotopic (exact) mass is 202 g/mol. The fraction of sp³-hybridized carbons (Fsp3) is 1.00. The van der Waals surface area contributed by atoms with Gasteiger partial charge in [-0.3, -0.25) is 4.90 Å². The van der Waals surface area contributed by atoms with Crippen LogP contribution in [0.2, 0.25) is 0 Å². The lowest BCUT2D eigenvalue weighted by atomic mass is 10.2. The van der Waals surface area contributed by atoms with Crippen LogP contribution < -0.4 is 5.32 Å². The number of hydrogen-bond donors (Lipinski definition) is 1. The van der Waals surface area contributed by atoms with E-state index in [2.05, 4.69) is 17.1 Å². The first-order chi connectivity index (χ1) is 6.34. The number of nitrogens with one attached hydrogen (secondary N) is 1. The van der Waals surface area contributed by atoms with Crippen molar-refractivity contribution in [1.29, 1.82) is 0 Å². The summed E-state index contributed by atoms with van der Waals surface area (Å²) in [7, 11) is 0. The first-order valence-corrected chi connectivity index (χ1v) is 6.15. The molecule has 1 N–H and O–H groups in total. The fourth-order valence-electron chi connectivity index (χ4n) is 1.92. The highest BCUT2D eigenvalue weighted by atomic mass is 32.2. The molecule has 2 unspecified atom stereocenters. The Morgan fingerprint density at radius 1 is 1.62 bits per heavy atom. The summed E-state index contributed by atoms with van der Waals surface area (Å²) in [5.74, 6) is 2.40. The first kappa shape index (κ1) is 9.77. The number of rotatable bonds is 2. The van der Waals surface area contributed by atoms with Crippen molar-refractivity contribution in [2.75, 3.05) is 37.9 Å². The molecule has 0 amide bonds. The maximum absolute atomic E-state index is 5.51. The van der Waals surface area contributed by atoms with Crippen molar-refractivity contribution in [3.63, 3.8) is 0 Å². The second-order valence-electron chi connectivity index (χ2n) is 3.86. The summed E-state index contributed by atoms with van der Waals surface area (Å²) in [6, 6.07) is 0.704. The molecule has 2 aliphatic heterocycles. The van der Waals surface area contributed by atoms with Crippen LogP contribution in [-0.2, 0) is 4.74 Å². The van der Waals surface area contributed by atoms with Crippen LogP contribution in [0.15, 0.2) is 0 Å². The van der Waals surface area contributed by atoms with Gasteiger partial charge in [0.05, 0.1) is 12.7 Å². The molecule has 2 heterocycles. The fourth-order valence-corrected chi connectivity index (χ4v) is 2.90. The van der Waals surface area contributed by atoms with Crippen LogP contribution in [0, 0.1) is 0 Å². The molecule has 3 nitrogen and oxygen atoms in total. The van der Waals surface area contributed by atoms with Crippen LogP contribution in [0.3, 0.4) is 0 Å². The minimum atomic E-state index is 0.419. The van der Waals surface area contributed by atoms with Gasteiger partial charge in [0.25, 0.3) is 0 Å². The van der Waals surface area contributed by atoms with Crippen molar-refractivity contribution in [2.24, 2.45) is 0 Å². The van der Waals surface area contributed by atoms with Gasteiger partial charge in [0.15, 0.2) is 0 Å². The molecule has 13 heavy (non-hydrogen) atoms. The summed E-state index contributed by atoms with van der Waals surface area (Å²) < 4.78 is 5.51. The van der Waals surface area contributed by atoms with Crippen LogP contribution in [0.25, 0.3) is 0 Å². The van der Waals surface area contributed by atoms with Crippen LogP contribution in [0.4, 0.5) is 0 Å². The van der Waals surface area contributed by atoms with Gasteiger partial charge in [0.2, 0.25) is 0 Å². The molecule has 76 valence electrons. The van der Waals surface area contributed by atoms with E-state index in [0.717, 1.165) is 25.6 Å². The van der Waals surface area contributed by atoms with Gasteiger partial charge < -0.3 is 10.1 Å². The SMILES string of the molecule is CC1CN(CC2CSCN2)CCO1. The van der Waals surface area contributed by atoms with Gasteiger partial charge in [-0.1, -0.05) is 0 Å². The lowest BCUT2D eigenvalue weighted by molar-refractivity contribution is -0.0199. The van der Waals surface area contributed by atoms with Crippen molar-refractivity contribution in [3.8, 4) is 0 Å². The Morgan fingerprint density at radius 3 is 3.23 bits per heavy atom. The average molecular weight is 202 g/mol. The van der Waals surface area contributed by atoms with E-state index in [-0.39, 0.29) is 0 Å². The molecule has 2 fully saturated rings. The topological polar surface area (TPSA) is 24.5 Å². The molecule has 2 aliphatic rings. The maximum atomic E-state index is 5.51. The Kier molecular flexibility index (Phi) is 3.49. The Balaban J connectivity index is 1.73. The van der Waals surface area contributed by atoms with Crippen LogP contribution in [0.5, 0.6) is 0 Å². The lowest BCUT2D eigenvalue weighted by Crippen LogP contribution is -2.47. The molecule has 2 rings (SSSR count). The second kappa shape index (κ2) is 4.64. The van der Waals surface area contributed by atoms with Gasteiger partial charge in [-0.2, -0.15) is 0 Å². The minimum absolute atomic E-state index is 0.419. The predicted molar refractivity (Wildman–Crippen MR) is 56.1 cm³/mol. The largest absolute Gasteiger partial charge is 0.376 e. The molecule has 0 saturated carbocycles. The predicted octanol–water partition coefficient (Wildman–Crippen LogP) is 0.370. The van der Waals surface area contributed by atoms with Crippen molar-refractivity contribution in [1.82, 2.24) is 10.2 Å². The number of morpholine rings is 1. The van der Waals surface area contributed by atoms with E-state index in [1.165, 1.54) is 12.3 Å². The van der Waals surface area contributed by atoms with E-state index in [0.29, 0.717) is 12.1 Å². The van der Waals surface area contributed by atoms with E-state index in [1.807, 2.05) is 11.8 Å². The van der Waals surface area contributed by atoms with E-state index >= 15 is 0 Å². The molecule has 0 aliphatic carbocycles. The van der Waals surface area contributed by atoms with Crippen molar-refractivity contribution < 1.29 is 4.74 Å². The number of ether oxygens (including phenoxy) is 1. The van der Waals surface area contributed by atoms with Gasteiger partial charge in [-0.15, -0.1) is 11.8 Å². The van der Waals surface area contributed by atoms with E-state index in [9.17, 15) is 0 Å². The highest BCUT2D eigenvalue weighted by Gasteiger charge is 2.22. The molecule has 2 saturated heterocycles. The number of thioether (sulfide) groups is 1. The number of nitrogens with zero attached hydrogens (tertiary/aromatic N) is 1. The molecular weight excluding hydrogens is 184 g/mol. The molecule has 2 atom stereocenters. The Morgan fingerprint density at radius 2 is 2.54 bits per heavy atom. The molecule has 0 aromatic rings. The van der Waals surface area contributed by atoms with E-state index in [4.69, 9.17) is 4.74 Å². The van der Waals surface area contributed by atoms with Gasteiger partial charge in [-0.25, -0.2) is 0 Å². The van der Waals surface area contributed by atoms with Gasteiger partial charge >= 0.3 is 0 Å². The molecule has 0 radical (unpaired) electrons. The summed E-state index contributed by atoms with van der Waals surface area (Å²) in [4.78, 5) is 2.51. The highest BCUT2D eigenvalue weighted by Crippen LogP contribution is 2.12. The smallest absolute Gasteiger partial charge is 0.0674 e. The standard InChI is InChI=1S/C9H18N2OS/c1-8-4-11(2-3-12-8)5-9-6-13-7-10-9/h8-10H,2-7H2,1H3. The first-order valence-electron chi connectivity index (χ1n) is 4.99. The lowest BCUT2D eigenvalue weighted by Gasteiger charge is -2.32. The zero-order chi connectivity index (χ0) is 9.10. The molecule has 0 aromatic heterocycles. The second-order valence-corrected chi connectivity index (χ2v) is 4.89. The van der Waals surface area contributed by atoms with Crippen molar-refractivity contribution >= 4 is 11.8 Å². The summed E-state index contributed by atoms with van der Waals surface area (Å²) >= 11 is 2.00. The zero-order valence-corrected chi connectivity index (χ0v) is 8.98. The van der Waals surface area contributed by atoms with Crippen molar-refractivity contribution in [3.05, 3.63) is 0 Å².